The van der Waals surface area contributed by atoms with E-state index in [1.165, 1.54) is 95.6 Å². The molecule has 0 fully saturated rings. The molecule has 0 atom stereocenters. The number of hydrogen-bond acceptors (Lipinski definition) is 2. The molecule has 0 aliphatic heterocycles. The van der Waals surface area contributed by atoms with Crippen molar-refractivity contribution in [2.45, 2.75) is 96.9 Å². The molecule has 0 spiro atoms. The minimum absolute atomic E-state index is 0.962. The van der Waals surface area contributed by atoms with Gasteiger partial charge in [-0.3, -0.25) is 0 Å². The summed E-state index contributed by atoms with van der Waals surface area (Å²) >= 11 is 1.86. The summed E-state index contributed by atoms with van der Waals surface area (Å²) in [4.78, 5) is 0. The lowest BCUT2D eigenvalue weighted by Crippen LogP contribution is -1.81. The lowest BCUT2D eigenvalue weighted by Gasteiger charge is -2.09. The Balaban J connectivity index is 0.000000231. The fourth-order valence-electron chi connectivity index (χ4n) is 10.1. The maximum atomic E-state index is 5.65. The van der Waals surface area contributed by atoms with Gasteiger partial charge in [0.25, 0.3) is 0 Å². The van der Waals surface area contributed by atoms with Crippen molar-refractivity contribution in [3.05, 3.63) is 352 Å². The Labute approximate surface area is 567 Å². The second kappa shape index (κ2) is 46.0. The first kappa shape index (κ1) is 76.3. The van der Waals surface area contributed by atoms with E-state index >= 15 is 0 Å². The SMILES string of the molecule is CC.CC.CC.CC.CC.CC.CC.c1ccc2c(c1)c1ccccc1c1ccccc21.c1ccc2c(c1)ccc1ccccc12.c1ccc2c(c1)oc1ccccc12.c1ccc2c(c1)sc1ccccc12.c1ccc2ccccc2c1.c1ccccc1.c1ccccc1. The second-order valence-corrected chi connectivity index (χ2v) is 20.1. The van der Waals surface area contributed by atoms with Gasteiger partial charge in [-0.15, -0.1) is 11.3 Å². The van der Waals surface area contributed by atoms with Crippen LogP contribution in [0.1, 0.15) is 96.9 Å². The highest BCUT2D eigenvalue weighted by Crippen LogP contribution is 2.35. The van der Waals surface area contributed by atoms with Gasteiger partial charge >= 0.3 is 0 Å². The standard InChI is InChI=1S/C18H12.C14H10.C12H8O.C12H8S.C10H8.2C6H6.7C2H6/c1-2-8-14-13(7-1)15-9-3-4-11-17(15)18-12-6-5-10-16(14)18;1-3-7-13-11(5-1)9-10-12-6-2-4-8-14(12)13;2*1-3-7-11-9(5-1)10-6-2-4-8-12(10)13-11;1-2-6-10-8-4-3-7-9(10)5-1;2*1-2-4-6-5-3-1;7*1-2/h1-12H;1-10H;2*1-8H;1-8H;2*1-6H;7*1-2H3. The average molecular weight is 1250 g/mol. The first-order chi connectivity index (χ1) is 46.8. The normalized spacial score (nSPS) is 9.38. The number of thiophene rings is 1. The van der Waals surface area contributed by atoms with Crippen LogP contribution in [0.15, 0.2) is 356 Å². The molecule has 17 rings (SSSR count). The summed E-state index contributed by atoms with van der Waals surface area (Å²) in [5.74, 6) is 0. The van der Waals surface area contributed by atoms with Gasteiger partial charge < -0.3 is 4.42 Å². The van der Waals surface area contributed by atoms with Crippen molar-refractivity contribution < 1.29 is 4.42 Å². The lowest BCUT2D eigenvalue weighted by molar-refractivity contribution is 0.669. The van der Waals surface area contributed by atoms with Gasteiger partial charge in [0.2, 0.25) is 0 Å². The van der Waals surface area contributed by atoms with E-state index in [1.807, 2.05) is 217 Å². The largest absolute Gasteiger partial charge is 0.456 e. The Morgan fingerprint density at radius 1 is 0.149 bits per heavy atom. The van der Waals surface area contributed by atoms with E-state index in [9.17, 15) is 0 Å². The Morgan fingerprint density at radius 3 is 0.585 bits per heavy atom. The first-order valence-electron chi connectivity index (χ1n) is 34.1. The molecule has 0 bridgehead atoms. The third kappa shape index (κ3) is 22.0. The van der Waals surface area contributed by atoms with Crippen molar-refractivity contribution in [3.8, 4) is 0 Å². The number of hydrogen-bond donors (Lipinski definition) is 0. The summed E-state index contributed by atoms with van der Waals surface area (Å²) < 4.78 is 8.41. The molecule has 0 amide bonds. The Kier molecular flexibility index (Phi) is 37.4. The molecule has 2 heterocycles. The minimum atomic E-state index is 0.962. The molecule has 0 radical (unpaired) electrons. The molecular formula is C92H100OS. The quantitative estimate of drug-likeness (QED) is 0.138. The zero-order valence-corrected chi connectivity index (χ0v) is 59.1. The molecule has 480 valence electrons. The van der Waals surface area contributed by atoms with E-state index in [4.69, 9.17) is 4.42 Å². The van der Waals surface area contributed by atoms with Gasteiger partial charge in [0, 0.05) is 30.9 Å². The zero-order chi connectivity index (χ0) is 68.0. The van der Waals surface area contributed by atoms with Crippen molar-refractivity contribution in [2.24, 2.45) is 0 Å². The maximum absolute atomic E-state index is 5.65. The summed E-state index contributed by atoms with van der Waals surface area (Å²) in [6.45, 7) is 28.0. The van der Waals surface area contributed by atoms with E-state index < -0.39 is 0 Å². The van der Waals surface area contributed by atoms with Crippen LogP contribution in [0.5, 0.6) is 0 Å². The Hall–Kier alpha value is -10.1. The summed E-state index contributed by atoms with van der Waals surface area (Å²) in [6, 6.07) is 121. The van der Waals surface area contributed by atoms with Gasteiger partial charge in [-0.05, 0) is 88.9 Å². The summed E-state index contributed by atoms with van der Waals surface area (Å²) in [7, 11) is 0. The molecule has 2 aromatic heterocycles. The van der Waals surface area contributed by atoms with Crippen LogP contribution in [0.3, 0.4) is 0 Å². The predicted molar refractivity (Wildman–Crippen MR) is 430 cm³/mol. The van der Waals surface area contributed by atoms with E-state index in [2.05, 4.69) is 243 Å². The van der Waals surface area contributed by atoms with E-state index in [-0.39, 0.29) is 0 Å². The molecule has 94 heavy (non-hydrogen) atoms. The number of furan rings is 1. The molecule has 1 nitrogen and oxygen atoms in total. The number of para-hydroxylation sites is 2. The number of rotatable bonds is 0. The van der Waals surface area contributed by atoms with Gasteiger partial charge in [-0.25, -0.2) is 0 Å². The first-order valence-corrected chi connectivity index (χ1v) is 34.9. The molecule has 15 aromatic carbocycles. The molecule has 0 saturated heterocycles. The van der Waals surface area contributed by atoms with Gasteiger partial charge in [0.05, 0.1) is 0 Å². The predicted octanol–water partition coefficient (Wildman–Crippen LogP) is 30.2. The number of benzene rings is 15. The second-order valence-electron chi connectivity index (χ2n) is 19.0. The van der Waals surface area contributed by atoms with Crippen LogP contribution < -0.4 is 0 Å². The highest BCUT2D eigenvalue weighted by molar-refractivity contribution is 7.25. The van der Waals surface area contributed by atoms with E-state index in [1.54, 1.807) is 0 Å². The van der Waals surface area contributed by atoms with Crippen molar-refractivity contribution in [2.75, 3.05) is 0 Å². The van der Waals surface area contributed by atoms with Crippen LogP contribution in [0.2, 0.25) is 0 Å². The maximum Gasteiger partial charge on any atom is 0.135 e. The van der Waals surface area contributed by atoms with Crippen LogP contribution in [-0.4, -0.2) is 0 Å². The highest BCUT2D eigenvalue weighted by atomic mass is 32.1. The fraction of sp³-hybridized carbons (Fsp3) is 0.152. The highest BCUT2D eigenvalue weighted by Gasteiger charge is 2.07. The van der Waals surface area contributed by atoms with Crippen LogP contribution >= 0.6 is 11.3 Å². The molecule has 0 aliphatic carbocycles. The summed E-state index contributed by atoms with van der Waals surface area (Å²) in [5.41, 5.74) is 1.92. The Morgan fingerprint density at radius 2 is 0.330 bits per heavy atom. The van der Waals surface area contributed by atoms with Crippen LogP contribution in [0.25, 0.3) is 107 Å². The van der Waals surface area contributed by atoms with Crippen molar-refractivity contribution in [1.29, 1.82) is 0 Å². The van der Waals surface area contributed by atoms with Crippen molar-refractivity contribution in [3.63, 3.8) is 0 Å². The zero-order valence-electron chi connectivity index (χ0n) is 58.3. The topological polar surface area (TPSA) is 13.1 Å². The van der Waals surface area contributed by atoms with Gasteiger partial charge in [-0.2, -0.15) is 0 Å². The molecular weight excluding hydrogens is 1150 g/mol. The van der Waals surface area contributed by atoms with E-state index in [0.29, 0.717) is 0 Å². The molecule has 0 aliphatic rings. The van der Waals surface area contributed by atoms with Crippen molar-refractivity contribution >= 4 is 118 Å². The Bertz CT molecular complexity index is 4100. The average Bonchev–Trinajstić information content (AvgIpc) is 1.06. The minimum Gasteiger partial charge on any atom is -0.456 e. The fourth-order valence-corrected chi connectivity index (χ4v) is 11.2. The third-order valence-electron chi connectivity index (χ3n) is 13.9. The van der Waals surface area contributed by atoms with Gasteiger partial charge in [0.15, 0.2) is 0 Å². The smallest absolute Gasteiger partial charge is 0.135 e. The molecule has 0 saturated carbocycles. The summed E-state index contributed by atoms with van der Waals surface area (Å²) in [6.07, 6.45) is 0. The van der Waals surface area contributed by atoms with Gasteiger partial charge in [-0.1, -0.05) is 425 Å². The molecule has 0 N–H and O–H groups in total. The molecule has 17 aromatic rings. The number of fused-ring (bicyclic) bond motifs is 16. The van der Waals surface area contributed by atoms with Crippen LogP contribution in [0, 0.1) is 0 Å². The van der Waals surface area contributed by atoms with Gasteiger partial charge in [0.1, 0.15) is 11.2 Å². The molecule has 2 heteroatoms. The monoisotopic (exact) mass is 1250 g/mol. The van der Waals surface area contributed by atoms with Crippen molar-refractivity contribution in [1.82, 2.24) is 0 Å². The lowest BCUT2D eigenvalue weighted by atomic mass is 9.95. The van der Waals surface area contributed by atoms with Crippen LogP contribution in [0.4, 0.5) is 0 Å². The van der Waals surface area contributed by atoms with Crippen LogP contribution in [-0.2, 0) is 0 Å². The third-order valence-corrected chi connectivity index (χ3v) is 15.0. The molecule has 0 unspecified atom stereocenters. The van der Waals surface area contributed by atoms with E-state index in [0.717, 1.165) is 11.2 Å². The summed E-state index contributed by atoms with van der Waals surface area (Å²) in [5, 5.41) is 21.1.